The molecule has 1 nitrogen and oxygen atoms in total. The van der Waals surface area contributed by atoms with Crippen molar-refractivity contribution in [2.45, 2.75) is 90.4 Å². The fourth-order valence-electron chi connectivity index (χ4n) is 7.52. The Bertz CT molecular complexity index is 1940. The van der Waals surface area contributed by atoms with Gasteiger partial charge in [-0.3, -0.25) is 0 Å². The first-order chi connectivity index (χ1) is 22.1. The summed E-state index contributed by atoms with van der Waals surface area (Å²) in [4.78, 5) is 2.44. The summed E-state index contributed by atoms with van der Waals surface area (Å²) in [6.45, 7) is 14.0. The predicted molar refractivity (Wildman–Crippen MR) is 203 cm³/mol. The molecule has 6 aromatic rings. The molecule has 0 bridgehead atoms. The van der Waals surface area contributed by atoms with Crippen LogP contribution in [0.3, 0.4) is 0 Å². The Morgan fingerprint density at radius 1 is 0.543 bits per heavy atom. The van der Waals surface area contributed by atoms with Gasteiger partial charge in [0.25, 0.3) is 0 Å². The first-order valence-corrected chi connectivity index (χ1v) is 18.0. The van der Waals surface area contributed by atoms with Gasteiger partial charge in [-0.15, -0.1) is 11.3 Å². The quantitative estimate of drug-likeness (QED) is 0.185. The van der Waals surface area contributed by atoms with Crippen molar-refractivity contribution in [1.82, 2.24) is 0 Å². The molecular weight excluding hydrogens is 575 g/mol. The van der Waals surface area contributed by atoms with Crippen LogP contribution in [0.15, 0.2) is 109 Å². The van der Waals surface area contributed by atoms with Crippen molar-refractivity contribution >= 4 is 48.6 Å². The molecule has 0 saturated heterocycles. The van der Waals surface area contributed by atoms with Crippen molar-refractivity contribution in [2.75, 3.05) is 4.90 Å². The third-order valence-electron chi connectivity index (χ3n) is 9.94. The number of nitrogens with zero attached hydrogens (tertiary/aromatic N) is 1. The largest absolute Gasteiger partial charge is 0.310 e. The zero-order valence-corrected chi connectivity index (χ0v) is 29.2. The highest BCUT2D eigenvalue weighted by atomic mass is 32.1. The van der Waals surface area contributed by atoms with Gasteiger partial charge in [0.1, 0.15) is 0 Å². The van der Waals surface area contributed by atoms with Gasteiger partial charge in [0.05, 0.1) is 0 Å². The van der Waals surface area contributed by atoms with Crippen molar-refractivity contribution in [3.05, 3.63) is 126 Å². The van der Waals surface area contributed by atoms with E-state index < -0.39 is 0 Å². The van der Waals surface area contributed by atoms with Crippen LogP contribution in [0.25, 0.3) is 31.3 Å². The summed E-state index contributed by atoms with van der Waals surface area (Å²) in [7, 11) is 0. The van der Waals surface area contributed by atoms with Gasteiger partial charge in [-0.1, -0.05) is 128 Å². The minimum atomic E-state index is 0.0427. The lowest BCUT2D eigenvalue weighted by Crippen LogP contribution is -2.19. The Kier molecular flexibility index (Phi) is 8.06. The number of thiophene rings is 1. The van der Waals surface area contributed by atoms with E-state index in [4.69, 9.17) is 0 Å². The molecule has 1 aliphatic rings. The monoisotopic (exact) mass is 621 g/mol. The second-order valence-corrected chi connectivity index (χ2v) is 16.4. The second-order valence-electron chi connectivity index (χ2n) is 15.3. The Morgan fingerprint density at radius 2 is 1.11 bits per heavy atom. The highest BCUT2D eigenvalue weighted by Crippen LogP contribution is 2.44. The Labute approximate surface area is 279 Å². The molecule has 1 saturated carbocycles. The predicted octanol–water partition coefficient (Wildman–Crippen LogP) is 13.8. The minimum absolute atomic E-state index is 0.0427. The van der Waals surface area contributed by atoms with E-state index in [1.54, 1.807) is 0 Å². The molecule has 1 aromatic heterocycles. The van der Waals surface area contributed by atoms with Gasteiger partial charge in [-0.2, -0.15) is 0 Å². The number of rotatable bonds is 5. The lowest BCUT2D eigenvalue weighted by atomic mass is 9.74. The minimum Gasteiger partial charge on any atom is -0.310 e. The lowest BCUT2D eigenvalue weighted by Gasteiger charge is -2.31. The second kappa shape index (κ2) is 12.0. The third kappa shape index (κ3) is 5.89. The Morgan fingerprint density at radius 3 is 1.74 bits per heavy atom. The van der Waals surface area contributed by atoms with Crippen molar-refractivity contribution in [1.29, 1.82) is 0 Å². The van der Waals surface area contributed by atoms with Crippen molar-refractivity contribution < 1.29 is 0 Å². The molecule has 0 spiro atoms. The number of fused-ring (bicyclic) bond motifs is 3. The van der Waals surface area contributed by atoms with Crippen LogP contribution in [0.1, 0.15) is 96.3 Å². The number of anilines is 3. The average Bonchev–Trinajstić information content (AvgIpc) is 3.43. The van der Waals surface area contributed by atoms with Crippen molar-refractivity contribution in [3.8, 4) is 11.1 Å². The van der Waals surface area contributed by atoms with Crippen LogP contribution in [0, 0.1) is 0 Å². The number of hydrogen-bond acceptors (Lipinski definition) is 2. The van der Waals surface area contributed by atoms with Gasteiger partial charge >= 0.3 is 0 Å². The summed E-state index contributed by atoms with van der Waals surface area (Å²) >= 11 is 1.89. The SMILES string of the molecule is CC(C)(C)c1cccc(C(C)(C)C)c1-c1ccc(N(c2ccc(C3CCCCC3)cc2)c2ccc3c(c2)sc2ccccc23)cc1. The van der Waals surface area contributed by atoms with Crippen molar-refractivity contribution in [2.24, 2.45) is 0 Å². The summed E-state index contributed by atoms with van der Waals surface area (Å²) in [5.74, 6) is 0.699. The summed E-state index contributed by atoms with van der Waals surface area (Å²) in [5, 5.41) is 2.68. The van der Waals surface area contributed by atoms with E-state index in [0.29, 0.717) is 5.92 Å². The third-order valence-corrected chi connectivity index (χ3v) is 11.1. The van der Waals surface area contributed by atoms with Crippen LogP contribution >= 0.6 is 11.3 Å². The zero-order valence-electron chi connectivity index (χ0n) is 28.4. The molecule has 1 fully saturated rings. The summed E-state index contributed by atoms with van der Waals surface area (Å²) in [6, 6.07) is 41.5. The smallest absolute Gasteiger partial charge is 0.0476 e. The molecule has 0 aliphatic heterocycles. The molecule has 0 N–H and O–H groups in total. The molecule has 0 atom stereocenters. The van der Waals surface area contributed by atoms with Gasteiger partial charge in [0.15, 0.2) is 0 Å². The van der Waals surface area contributed by atoms with Crippen LogP contribution in [-0.2, 0) is 10.8 Å². The van der Waals surface area contributed by atoms with Crippen LogP contribution in [0.2, 0.25) is 0 Å². The fourth-order valence-corrected chi connectivity index (χ4v) is 8.66. The first kappa shape index (κ1) is 30.8. The Hall–Kier alpha value is -3.88. The van der Waals surface area contributed by atoms with Crippen LogP contribution < -0.4 is 4.90 Å². The number of hydrogen-bond donors (Lipinski definition) is 0. The summed E-state index contributed by atoms with van der Waals surface area (Å²) < 4.78 is 2.67. The molecule has 0 unspecified atom stereocenters. The standard InChI is InChI=1S/C44H47NS/c1-43(2,3)38-16-12-17-39(44(4,5)6)42(38)32-21-25-34(26-22-32)45(33-23-19-31(20-24-33)30-13-8-7-9-14-30)35-27-28-37-36-15-10-11-18-40(36)46-41(37)29-35/h10-12,15-30H,7-9,13-14H2,1-6H3. The lowest BCUT2D eigenvalue weighted by molar-refractivity contribution is 0.443. The van der Waals surface area contributed by atoms with Gasteiger partial charge in [-0.05, 0) is 99.9 Å². The van der Waals surface area contributed by atoms with Crippen LogP contribution in [-0.4, -0.2) is 0 Å². The normalized spacial score (nSPS) is 14.7. The summed E-state index contributed by atoms with van der Waals surface area (Å²) in [6.07, 6.45) is 6.74. The van der Waals surface area contributed by atoms with E-state index in [1.807, 2.05) is 11.3 Å². The Balaban J connectivity index is 1.34. The molecule has 0 radical (unpaired) electrons. The molecular formula is C44H47NS. The maximum atomic E-state index is 2.44. The molecule has 5 aromatic carbocycles. The summed E-state index contributed by atoms with van der Waals surface area (Å²) in [5.41, 5.74) is 10.6. The van der Waals surface area contributed by atoms with Gasteiger partial charge in [0, 0.05) is 37.2 Å². The molecule has 234 valence electrons. The maximum Gasteiger partial charge on any atom is 0.0476 e. The highest BCUT2D eigenvalue weighted by molar-refractivity contribution is 7.25. The first-order valence-electron chi connectivity index (χ1n) is 17.1. The molecule has 1 heterocycles. The fraction of sp³-hybridized carbons (Fsp3) is 0.318. The highest BCUT2D eigenvalue weighted by Gasteiger charge is 2.26. The molecule has 2 heteroatoms. The van der Waals surface area contributed by atoms with E-state index in [2.05, 4.69) is 156 Å². The van der Waals surface area contributed by atoms with Gasteiger partial charge < -0.3 is 4.90 Å². The molecule has 7 rings (SSSR count). The topological polar surface area (TPSA) is 3.24 Å². The van der Waals surface area contributed by atoms with E-state index in [9.17, 15) is 0 Å². The van der Waals surface area contributed by atoms with Gasteiger partial charge in [-0.25, -0.2) is 0 Å². The molecule has 46 heavy (non-hydrogen) atoms. The van der Waals surface area contributed by atoms with Crippen LogP contribution in [0.5, 0.6) is 0 Å². The average molecular weight is 622 g/mol. The van der Waals surface area contributed by atoms with Gasteiger partial charge in [0.2, 0.25) is 0 Å². The molecule has 1 aliphatic carbocycles. The number of benzene rings is 5. The zero-order chi connectivity index (χ0) is 32.1. The van der Waals surface area contributed by atoms with E-state index in [1.165, 1.54) is 97.2 Å². The van der Waals surface area contributed by atoms with E-state index in [-0.39, 0.29) is 10.8 Å². The molecule has 0 amide bonds. The maximum absolute atomic E-state index is 2.44. The van der Waals surface area contributed by atoms with E-state index in [0.717, 1.165) is 0 Å². The van der Waals surface area contributed by atoms with Crippen LogP contribution in [0.4, 0.5) is 17.1 Å². The van der Waals surface area contributed by atoms with Crippen molar-refractivity contribution in [3.63, 3.8) is 0 Å². The van der Waals surface area contributed by atoms with E-state index >= 15 is 0 Å².